The fourth-order valence-corrected chi connectivity index (χ4v) is 3.64. The lowest BCUT2D eigenvalue weighted by Gasteiger charge is -2.29. The van der Waals surface area contributed by atoms with Crippen LogP contribution in [0.5, 0.6) is 0 Å². The van der Waals surface area contributed by atoms with Crippen LogP contribution in [-0.4, -0.2) is 52.0 Å². The Labute approximate surface area is 172 Å². The minimum Gasteiger partial charge on any atom is -0.393 e. The molecule has 0 bridgehead atoms. The van der Waals surface area contributed by atoms with Crippen LogP contribution in [0.25, 0.3) is 0 Å². The lowest BCUT2D eigenvalue weighted by molar-refractivity contribution is -0.187. The summed E-state index contributed by atoms with van der Waals surface area (Å²) >= 11 is 0. The maximum absolute atomic E-state index is 12.3. The van der Waals surface area contributed by atoms with Gasteiger partial charge in [0, 0.05) is 24.4 Å². The Balaban J connectivity index is 1.60. The number of carbonyl (C=O) groups excluding carboxylic acids is 1. The van der Waals surface area contributed by atoms with E-state index >= 15 is 0 Å². The molecule has 5 N–H and O–H groups in total. The molecule has 3 rings (SSSR count). The summed E-state index contributed by atoms with van der Waals surface area (Å²) in [6.07, 6.45) is 2.14. The van der Waals surface area contributed by atoms with Crippen LogP contribution in [0.2, 0.25) is 0 Å². The topological polar surface area (TPSA) is 122 Å². The molecule has 30 heavy (non-hydrogen) atoms. The summed E-state index contributed by atoms with van der Waals surface area (Å²) < 4.78 is 41.8. The van der Waals surface area contributed by atoms with E-state index in [1.807, 2.05) is 6.08 Å². The highest BCUT2D eigenvalue weighted by Gasteiger charge is 2.31. The van der Waals surface area contributed by atoms with Gasteiger partial charge in [-0.05, 0) is 38.5 Å². The molecule has 166 valence electrons. The number of ether oxygens (including phenoxy) is 1. The van der Waals surface area contributed by atoms with Crippen molar-refractivity contribution >= 4 is 17.7 Å². The standard InChI is InChI=1S/C19H26F3N5O3/c20-19(21,22)10-30-14-6-4-11(5-7-14)26-18-24-9-15(16(23)29)17(27-18)25-12-2-1-3-13(28)8-12/h2,9,11,13-14,28H,1,3-8,10H2,(H2,23,29)(H2,24,25,26,27)/t11-,13-,14+/m0/s1. The molecule has 1 heterocycles. The molecular weight excluding hydrogens is 403 g/mol. The van der Waals surface area contributed by atoms with E-state index in [2.05, 4.69) is 20.6 Å². The number of hydrogen-bond acceptors (Lipinski definition) is 7. The number of aliphatic hydroxyl groups is 1. The number of amides is 1. The van der Waals surface area contributed by atoms with Crippen LogP contribution in [0.1, 0.15) is 55.3 Å². The van der Waals surface area contributed by atoms with E-state index in [0.717, 1.165) is 5.70 Å². The molecule has 8 nitrogen and oxygen atoms in total. The van der Waals surface area contributed by atoms with Gasteiger partial charge in [0.2, 0.25) is 5.95 Å². The monoisotopic (exact) mass is 429 g/mol. The van der Waals surface area contributed by atoms with Crippen molar-refractivity contribution in [2.24, 2.45) is 5.73 Å². The van der Waals surface area contributed by atoms with Gasteiger partial charge in [0.05, 0.1) is 12.2 Å². The average Bonchev–Trinajstić information content (AvgIpc) is 2.67. The Kier molecular flexibility index (Phi) is 7.14. The summed E-state index contributed by atoms with van der Waals surface area (Å²) in [6.45, 7) is -1.23. The van der Waals surface area contributed by atoms with Crippen molar-refractivity contribution < 1.29 is 27.8 Å². The first-order valence-electron chi connectivity index (χ1n) is 9.95. The molecule has 2 aliphatic rings. The zero-order chi connectivity index (χ0) is 21.7. The van der Waals surface area contributed by atoms with E-state index in [-0.39, 0.29) is 17.4 Å². The van der Waals surface area contributed by atoms with Crippen molar-refractivity contribution in [1.29, 1.82) is 0 Å². The number of allylic oxidation sites excluding steroid dienone is 1. The van der Waals surface area contributed by atoms with Gasteiger partial charge in [-0.1, -0.05) is 6.08 Å². The Morgan fingerprint density at radius 3 is 2.63 bits per heavy atom. The van der Waals surface area contributed by atoms with E-state index in [4.69, 9.17) is 10.5 Å². The van der Waals surface area contributed by atoms with Crippen molar-refractivity contribution in [1.82, 2.24) is 9.97 Å². The Hall–Kier alpha value is -2.40. The van der Waals surface area contributed by atoms with Crippen LogP contribution >= 0.6 is 0 Å². The molecular formula is C19H26F3N5O3. The van der Waals surface area contributed by atoms with E-state index in [0.29, 0.717) is 50.9 Å². The quantitative estimate of drug-likeness (QED) is 0.526. The third-order valence-electron chi connectivity index (χ3n) is 5.17. The fraction of sp³-hybridized carbons (Fsp3) is 0.632. The van der Waals surface area contributed by atoms with Gasteiger partial charge in [-0.15, -0.1) is 0 Å². The summed E-state index contributed by atoms with van der Waals surface area (Å²) in [5.74, 6) is -0.134. The lowest BCUT2D eigenvalue weighted by atomic mass is 9.93. The van der Waals surface area contributed by atoms with Gasteiger partial charge in [0.15, 0.2) is 0 Å². The molecule has 1 aromatic heterocycles. The van der Waals surface area contributed by atoms with Crippen molar-refractivity contribution in [2.75, 3.05) is 17.2 Å². The zero-order valence-corrected chi connectivity index (χ0v) is 16.4. The van der Waals surface area contributed by atoms with Crippen molar-refractivity contribution in [2.45, 2.75) is 69.4 Å². The molecule has 1 amide bonds. The predicted molar refractivity (Wildman–Crippen MR) is 104 cm³/mol. The predicted octanol–water partition coefficient (Wildman–Crippen LogP) is 2.72. The molecule has 0 spiro atoms. The lowest BCUT2D eigenvalue weighted by Crippen LogP contribution is -2.32. The van der Waals surface area contributed by atoms with E-state index in [1.54, 1.807) is 0 Å². The number of aromatic nitrogens is 2. The van der Waals surface area contributed by atoms with Crippen LogP contribution in [0, 0.1) is 0 Å². The van der Waals surface area contributed by atoms with Crippen LogP contribution in [0.4, 0.5) is 24.9 Å². The summed E-state index contributed by atoms with van der Waals surface area (Å²) in [6, 6.07) is -0.0151. The van der Waals surface area contributed by atoms with E-state index in [9.17, 15) is 23.1 Å². The summed E-state index contributed by atoms with van der Waals surface area (Å²) in [4.78, 5) is 20.2. The molecule has 0 radical (unpaired) electrons. The van der Waals surface area contributed by atoms with Crippen LogP contribution in [0.3, 0.4) is 0 Å². The number of carbonyl (C=O) groups is 1. The van der Waals surface area contributed by atoms with Crippen molar-refractivity contribution in [3.8, 4) is 0 Å². The van der Waals surface area contributed by atoms with Crippen molar-refractivity contribution in [3.05, 3.63) is 23.5 Å². The maximum Gasteiger partial charge on any atom is 0.411 e. The first kappa shape index (κ1) is 22.3. The normalized spacial score (nSPS) is 24.8. The number of anilines is 2. The molecule has 1 saturated carbocycles. The number of hydrogen-bond donors (Lipinski definition) is 4. The average molecular weight is 429 g/mol. The molecule has 2 aliphatic carbocycles. The Morgan fingerprint density at radius 1 is 1.27 bits per heavy atom. The molecule has 1 aromatic rings. The number of halogens is 3. The van der Waals surface area contributed by atoms with Gasteiger partial charge < -0.3 is 26.2 Å². The Morgan fingerprint density at radius 2 is 2.00 bits per heavy atom. The molecule has 0 unspecified atom stereocenters. The molecule has 1 atom stereocenters. The second-order valence-corrected chi connectivity index (χ2v) is 7.65. The summed E-state index contributed by atoms with van der Waals surface area (Å²) in [7, 11) is 0. The van der Waals surface area contributed by atoms with Gasteiger partial charge >= 0.3 is 6.18 Å². The first-order chi connectivity index (χ1) is 14.2. The van der Waals surface area contributed by atoms with E-state index < -0.39 is 30.9 Å². The highest BCUT2D eigenvalue weighted by molar-refractivity contribution is 5.97. The number of nitrogens with two attached hydrogens (primary N) is 1. The summed E-state index contributed by atoms with van der Waals surface area (Å²) in [5, 5.41) is 16.0. The van der Waals surface area contributed by atoms with Crippen LogP contribution in [0.15, 0.2) is 18.0 Å². The minimum absolute atomic E-state index is 0.0151. The number of nitrogens with one attached hydrogen (secondary N) is 2. The summed E-state index contributed by atoms with van der Waals surface area (Å²) in [5.41, 5.74) is 6.30. The molecule has 0 aromatic carbocycles. The van der Waals surface area contributed by atoms with Crippen molar-refractivity contribution in [3.63, 3.8) is 0 Å². The zero-order valence-electron chi connectivity index (χ0n) is 16.4. The minimum atomic E-state index is -4.32. The van der Waals surface area contributed by atoms with Gasteiger partial charge in [-0.3, -0.25) is 4.79 Å². The molecule has 11 heteroatoms. The van der Waals surface area contributed by atoms with E-state index in [1.165, 1.54) is 6.20 Å². The maximum atomic E-state index is 12.3. The molecule has 1 fully saturated rings. The van der Waals surface area contributed by atoms with Crippen LogP contribution in [-0.2, 0) is 4.74 Å². The molecule has 0 saturated heterocycles. The van der Waals surface area contributed by atoms with Gasteiger partial charge in [0.25, 0.3) is 5.91 Å². The SMILES string of the molecule is NC(=O)c1cnc(N[C@H]2CC[C@@H](OCC(F)(F)F)CC2)nc1NC1=CCC[C@H](O)C1. The number of alkyl halides is 3. The highest BCUT2D eigenvalue weighted by atomic mass is 19.4. The molecule has 0 aliphatic heterocycles. The second-order valence-electron chi connectivity index (χ2n) is 7.65. The fourth-order valence-electron chi connectivity index (χ4n) is 3.64. The number of nitrogens with zero attached hydrogens (tertiary/aromatic N) is 2. The first-order valence-corrected chi connectivity index (χ1v) is 9.95. The second kappa shape index (κ2) is 9.61. The number of aliphatic hydroxyl groups excluding tert-OH is 1. The van der Waals surface area contributed by atoms with Crippen LogP contribution < -0.4 is 16.4 Å². The van der Waals surface area contributed by atoms with Gasteiger partial charge in [0.1, 0.15) is 18.0 Å². The van der Waals surface area contributed by atoms with Gasteiger partial charge in [-0.2, -0.15) is 18.2 Å². The largest absolute Gasteiger partial charge is 0.411 e. The highest BCUT2D eigenvalue weighted by Crippen LogP contribution is 2.27. The number of rotatable bonds is 7. The smallest absolute Gasteiger partial charge is 0.393 e. The third-order valence-corrected chi connectivity index (χ3v) is 5.17. The third kappa shape index (κ3) is 6.56. The van der Waals surface area contributed by atoms with Gasteiger partial charge in [-0.25, -0.2) is 4.98 Å². The Bertz CT molecular complexity index is 779. The number of primary amides is 1.